The number of rotatable bonds is 3. The molecule has 0 saturated heterocycles. The summed E-state index contributed by atoms with van der Waals surface area (Å²) in [7, 11) is 1.99. The Bertz CT molecular complexity index is 670. The molecule has 1 aromatic heterocycles. The van der Waals surface area contributed by atoms with Gasteiger partial charge in [0.1, 0.15) is 0 Å². The van der Waals surface area contributed by atoms with Crippen molar-refractivity contribution >= 4 is 0 Å². The van der Waals surface area contributed by atoms with Crippen LogP contribution in [0, 0.1) is 11.6 Å². The van der Waals surface area contributed by atoms with Gasteiger partial charge in [-0.2, -0.15) is 10.2 Å². The van der Waals surface area contributed by atoms with Gasteiger partial charge in [-0.3, -0.25) is 0 Å². The molecule has 0 radical (unpaired) electrons. The second-order valence-corrected chi connectivity index (χ2v) is 4.98. The Morgan fingerprint density at radius 3 is 2.52 bits per heavy atom. The van der Waals surface area contributed by atoms with E-state index in [1.807, 2.05) is 25.5 Å². The highest BCUT2D eigenvalue weighted by atomic mass is 19.2. The van der Waals surface area contributed by atoms with Gasteiger partial charge in [0.25, 0.3) is 0 Å². The molecular formula is C15H14F2N4. The highest BCUT2D eigenvalue weighted by Crippen LogP contribution is 2.19. The minimum Gasteiger partial charge on any atom is -0.362 e. The Kier molecular flexibility index (Phi) is 3.51. The Balaban J connectivity index is 1.74. The van der Waals surface area contributed by atoms with E-state index in [2.05, 4.69) is 20.0 Å². The van der Waals surface area contributed by atoms with Gasteiger partial charge >= 0.3 is 0 Å². The van der Waals surface area contributed by atoms with Crippen molar-refractivity contribution in [2.24, 2.45) is 0 Å². The van der Waals surface area contributed by atoms with Gasteiger partial charge in [-0.05, 0) is 30.3 Å². The maximum absolute atomic E-state index is 13.2. The third kappa shape index (κ3) is 2.99. The van der Waals surface area contributed by atoms with Crippen LogP contribution in [0.5, 0.6) is 0 Å². The predicted octanol–water partition coefficient (Wildman–Crippen LogP) is 2.60. The van der Waals surface area contributed by atoms with E-state index < -0.39 is 11.6 Å². The van der Waals surface area contributed by atoms with Crippen LogP contribution in [0.3, 0.4) is 0 Å². The molecule has 0 aliphatic carbocycles. The van der Waals surface area contributed by atoms with Crippen LogP contribution in [0.25, 0.3) is 11.3 Å². The number of halogens is 2. The molecule has 0 atom stereocenters. The summed E-state index contributed by atoms with van der Waals surface area (Å²) in [5.41, 5.74) is 1.85. The summed E-state index contributed by atoms with van der Waals surface area (Å²) in [5.74, 6) is -1.75. The zero-order valence-electron chi connectivity index (χ0n) is 11.5. The molecule has 0 saturated carbocycles. The van der Waals surface area contributed by atoms with Crippen molar-refractivity contribution in [3.05, 3.63) is 60.1 Å². The lowest BCUT2D eigenvalue weighted by Gasteiger charge is -2.17. The third-order valence-electron chi connectivity index (χ3n) is 3.24. The van der Waals surface area contributed by atoms with Crippen LogP contribution in [0.4, 0.5) is 8.78 Å². The average molecular weight is 288 g/mol. The summed E-state index contributed by atoms with van der Waals surface area (Å²) in [6, 6.07) is 7.30. The van der Waals surface area contributed by atoms with Crippen molar-refractivity contribution < 1.29 is 8.78 Å². The lowest BCUT2D eigenvalue weighted by atomic mass is 10.1. The van der Waals surface area contributed by atoms with E-state index in [1.54, 1.807) is 6.07 Å². The molecule has 1 aromatic carbocycles. The Morgan fingerprint density at radius 1 is 1.05 bits per heavy atom. The van der Waals surface area contributed by atoms with Crippen LogP contribution >= 0.6 is 0 Å². The lowest BCUT2D eigenvalue weighted by Crippen LogP contribution is -2.22. The topological polar surface area (TPSA) is 32.3 Å². The first-order valence-electron chi connectivity index (χ1n) is 6.52. The molecule has 1 aliphatic heterocycles. The van der Waals surface area contributed by atoms with Crippen molar-refractivity contribution in [1.82, 2.24) is 20.0 Å². The lowest BCUT2D eigenvalue weighted by molar-refractivity contribution is 0.287. The number of nitrogens with zero attached hydrogens (tertiary/aromatic N) is 4. The second kappa shape index (κ2) is 5.47. The van der Waals surface area contributed by atoms with Crippen LogP contribution in [0.1, 0.15) is 5.69 Å². The molecule has 1 aliphatic rings. The molecule has 2 heterocycles. The van der Waals surface area contributed by atoms with E-state index >= 15 is 0 Å². The van der Waals surface area contributed by atoms with Gasteiger partial charge in [-0.15, -0.1) is 0 Å². The zero-order chi connectivity index (χ0) is 14.8. The smallest absolute Gasteiger partial charge is 0.159 e. The molecule has 4 nitrogen and oxygen atoms in total. The third-order valence-corrected chi connectivity index (χ3v) is 3.24. The van der Waals surface area contributed by atoms with Crippen LogP contribution in [-0.2, 0) is 6.54 Å². The largest absolute Gasteiger partial charge is 0.362 e. The van der Waals surface area contributed by atoms with Crippen LogP contribution in [0.15, 0.2) is 42.7 Å². The Labute approximate surface area is 121 Å². The molecule has 0 amide bonds. The fraction of sp³-hybridized carbons (Fsp3) is 0.200. The molecule has 21 heavy (non-hydrogen) atoms. The number of hydrogen-bond donors (Lipinski definition) is 0. The molecule has 6 heteroatoms. The summed E-state index contributed by atoms with van der Waals surface area (Å²) < 4.78 is 26.1. The molecule has 3 rings (SSSR count). The molecule has 0 N–H and O–H groups in total. The Morgan fingerprint density at radius 2 is 1.90 bits per heavy atom. The SMILES string of the molecule is CN1C=CN(Cc2ccc(-c3ccc(F)c(F)c3)nn2)C1. The van der Waals surface area contributed by atoms with E-state index in [-0.39, 0.29) is 0 Å². The van der Waals surface area contributed by atoms with Gasteiger partial charge in [0.2, 0.25) is 0 Å². The van der Waals surface area contributed by atoms with E-state index in [4.69, 9.17) is 0 Å². The van der Waals surface area contributed by atoms with E-state index in [0.717, 1.165) is 24.5 Å². The first-order valence-corrected chi connectivity index (χ1v) is 6.52. The molecule has 0 spiro atoms. The zero-order valence-corrected chi connectivity index (χ0v) is 11.5. The second-order valence-electron chi connectivity index (χ2n) is 4.98. The number of hydrogen-bond acceptors (Lipinski definition) is 4. The Hall–Kier alpha value is -2.50. The van der Waals surface area contributed by atoms with Gasteiger partial charge < -0.3 is 9.80 Å². The standard InChI is InChI=1S/C15H14F2N4/c1-20-6-7-21(10-20)9-12-3-5-15(19-18-12)11-2-4-13(16)14(17)8-11/h2-8H,9-10H2,1H3. The maximum Gasteiger partial charge on any atom is 0.159 e. The minimum absolute atomic E-state index is 0.508. The van der Waals surface area contributed by atoms with Crippen LogP contribution < -0.4 is 0 Å². The number of aromatic nitrogens is 2. The molecule has 0 unspecified atom stereocenters. The van der Waals surface area contributed by atoms with Crippen LogP contribution in [-0.4, -0.2) is 33.7 Å². The molecule has 108 valence electrons. The van der Waals surface area contributed by atoms with Gasteiger partial charge in [0, 0.05) is 25.0 Å². The normalized spacial score (nSPS) is 14.0. The molecule has 0 bridgehead atoms. The maximum atomic E-state index is 13.2. The van der Waals surface area contributed by atoms with Crippen LogP contribution in [0.2, 0.25) is 0 Å². The first kappa shape index (κ1) is 13.5. The van der Waals surface area contributed by atoms with E-state index in [9.17, 15) is 8.78 Å². The van der Waals surface area contributed by atoms with Crippen molar-refractivity contribution in [2.75, 3.05) is 13.7 Å². The van der Waals surface area contributed by atoms with Crippen molar-refractivity contribution in [1.29, 1.82) is 0 Å². The number of benzene rings is 1. The summed E-state index contributed by atoms with van der Waals surface area (Å²) in [6.07, 6.45) is 3.98. The van der Waals surface area contributed by atoms with Gasteiger partial charge in [0.15, 0.2) is 11.6 Å². The minimum atomic E-state index is -0.886. The van der Waals surface area contributed by atoms with E-state index in [1.165, 1.54) is 6.07 Å². The monoisotopic (exact) mass is 288 g/mol. The fourth-order valence-electron chi connectivity index (χ4n) is 2.15. The molecule has 0 fully saturated rings. The van der Waals surface area contributed by atoms with Gasteiger partial charge in [-0.25, -0.2) is 8.78 Å². The predicted molar refractivity (Wildman–Crippen MR) is 74.7 cm³/mol. The van der Waals surface area contributed by atoms with Gasteiger partial charge in [-0.1, -0.05) is 0 Å². The van der Waals surface area contributed by atoms with Crippen molar-refractivity contribution in [2.45, 2.75) is 6.54 Å². The highest BCUT2D eigenvalue weighted by molar-refractivity contribution is 5.58. The summed E-state index contributed by atoms with van der Waals surface area (Å²) in [4.78, 5) is 4.16. The average Bonchev–Trinajstić information content (AvgIpc) is 2.88. The van der Waals surface area contributed by atoms with E-state index in [0.29, 0.717) is 17.8 Å². The van der Waals surface area contributed by atoms with Crippen molar-refractivity contribution in [3.63, 3.8) is 0 Å². The summed E-state index contributed by atoms with van der Waals surface area (Å²) in [6.45, 7) is 1.47. The summed E-state index contributed by atoms with van der Waals surface area (Å²) in [5, 5.41) is 8.21. The fourth-order valence-corrected chi connectivity index (χ4v) is 2.15. The summed E-state index contributed by atoms with van der Waals surface area (Å²) >= 11 is 0. The first-order chi connectivity index (χ1) is 10.1. The van der Waals surface area contributed by atoms with Crippen molar-refractivity contribution in [3.8, 4) is 11.3 Å². The molecule has 2 aromatic rings. The quantitative estimate of drug-likeness (QED) is 0.869. The molecular weight excluding hydrogens is 274 g/mol. The van der Waals surface area contributed by atoms with Gasteiger partial charge in [0.05, 0.1) is 24.6 Å². The highest BCUT2D eigenvalue weighted by Gasteiger charge is 2.11.